The van der Waals surface area contributed by atoms with Crippen molar-refractivity contribution < 1.29 is 0 Å². The Morgan fingerprint density at radius 2 is 0.605 bits per heavy atom. The quantitative estimate of drug-likeness (QED) is 0.0644. The van der Waals surface area contributed by atoms with Crippen molar-refractivity contribution >= 4 is 7.92 Å². The molecular formula is C37H73P. The van der Waals surface area contributed by atoms with Crippen LogP contribution < -0.4 is 0 Å². The third-order valence-electron chi connectivity index (χ3n) is 10.1. The van der Waals surface area contributed by atoms with Gasteiger partial charge in [0.1, 0.15) is 0 Å². The second-order valence-electron chi connectivity index (χ2n) is 13.6. The normalized spacial score (nSPS) is 20.9. The van der Waals surface area contributed by atoms with Crippen LogP contribution in [0.4, 0.5) is 0 Å². The molecule has 2 aliphatic rings. The highest BCUT2D eigenvalue weighted by Gasteiger charge is 2.37. The van der Waals surface area contributed by atoms with Crippen molar-refractivity contribution in [2.75, 3.05) is 6.16 Å². The molecule has 2 saturated heterocycles. The maximum atomic E-state index is 2.31. The Morgan fingerprint density at radius 3 is 0.895 bits per heavy atom. The molecule has 0 nitrogen and oxygen atoms in total. The van der Waals surface area contributed by atoms with E-state index in [0.29, 0.717) is 7.92 Å². The zero-order chi connectivity index (χ0) is 26.8. The van der Waals surface area contributed by atoms with Gasteiger partial charge in [0.05, 0.1) is 0 Å². The van der Waals surface area contributed by atoms with Crippen LogP contribution >= 0.6 is 7.92 Å². The van der Waals surface area contributed by atoms with Gasteiger partial charge in [-0.05, 0) is 49.6 Å². The van der Waals surface area contributed by atoms with Crippen LogP contribution in [0.25, 0.3) is 0 Å². The van der Waals surface area contributed by atoms with E-state index in [-0.39, 0.29) is 0 Å². The first-order valence-corrected chi connectivity index (χ1v) is 20.3. The molecule has 2 unspecified atom stereocenters. The van der Waals surface area contributed by atoms with Crippen molar-refractivity contribution in [3.05, 3.63) is 0 Å². The fraction of sp³-hybridized carbons (Fsp3) is 1.00. The Morgan fingerprint density at radius 1 is 0.342 bits per heavy atom. The maximum Gasteiger partial charge on any atom is -0.0206 e. The summed E-state index contributed by atoms with van der Waals surface area (Å²) in [6.07, 6.45) is 51.6. The van der Waals surface area contributed by atoms with Crippen molar-refractivity contribution in [1.82, 2.24) is 0 Å². The third-order valence-corrected chi connectivity index (χ3v) is 13.9. The lowest BCUT2D eigenvalue weighted by Gasteiger charge is -2.30. The summed E-state index contributed by atoms with van der Waals surface area (Å²) < 4.78 is 0. The molecule has 0 spiro atoms. The fourth-order valence-electron chi connectivity index (χ4n) is 7.55. The molecule has 2 fully saturated rings. The van der Waals surface area contributed by atoms with Crippen molar-refractivity contribution in [2.24, 2.45) is 0 Å². The van der Waals surface area contributed by atoms with Crippen molar-refractivity contribution in [1.29, 1.82) is 0 Å². The Hall–Kier alpha value is 0.430. The highest BCUT2D eigenvalue weighted by Crippen LogP contribution is 2.61. The Labute approximate surface area is 243 Å². The minimum absolute atomic E-state index is 0.467. The molecule has 0 aromatic carbocycles. The van der Waals surface area contributed by atoms with Crippen LogP contribution in [0.2, 0.25) is 0 Å². The molecule has 226 valence electrons. The minimum atomic E-state index is 0.467. The second-order valence-corrected chi connectivity index (χ2v) is 16.5. The summed E-state index contributed by atoms with van der Waals surface area (Å²) in [7, 11) is 0.467. The number of rotatable bonds is 29. The van der Waals surface area contributed by atoms with Crippen molar-refractivity contribution in [3.8, 4) is 0 Å². The first-order chi connectivity index (χ1) is 18.9. The maximum absolute atomic E-state index is 2.31. The average molecular weight is 549 g/mol. The van der Waals surface area contributed by atoms with E-state index in [9.17, 15) is 0 Å². The van der Waals surface area contributed by atoms with Gasteiger partial charge in [0.25, 0.3) is 0 Å². The zero-order valence-electron chi connectivity index (χ0n) is 26.6. The van der Waals surface area contributed by atoms with Crippen LogP contribution in [-0.2, 0) is 0 Å². The van der Waals surface area contributed by atoms with Gasteiger partial charge in [-0.2, -0.15) is 0 Å². The number of hydrogen-bond acceptors (Lipinski definition) is 0. The molecule has 0 saturated carbocycles. The van der Waals surface area contributed by atoms with E-state index in [1.54, 1.807) is 44.7 Å². The zero-order valence-corrected chi connectivity index (χ0v) is 27.5. The molecule has 0 aliphatic carbocycles. The number of fused-ring (bicyclic) bond motifs is 2. The lowest BCUT2D eigenvalue weighted by molar-refractivity contribution is 0.514. The van der Waals surface area contributed by atoms with Gasteiger partial charge in [0.2, 0.25) is 0 Å². The summed E-state index contributed by atoms with van der Waals surface area (Å²) in [5, 5.41) is 0. The van der Waals surface area contributed by atoms with E-state index in [0.717, 1.165) is 0 Å². The summed E-state index contributed by atoms with van der Waals surface area (Å²) in [6.45, 7) is 2.31. The topological polar surface area (TPSA) is 0 Å². The third kappa shape index (κ3) is 18.7. The van der Waals surface area contributed by atoms with E-state index in [1.165, 1.54) is 185 Å². The molecule has 0 amide bonds. The Balaban J connectivity index is 1.16. The van der Waals surface area contributed by atoms with E-state index in [1.807, 2.05) is 0 Å². The number of unbranched alkanes of at least 4 members (excludes halogenated alkanes) is 27. The summed E-state index contributed by atoms with van der Waals surface area (Å²) in [4.78, 5) is 0. The molecule has 1 heteroatoms. The van der Waals surface area contributed by atoms with E-state index >= 15 is 0 Å². The van der Waals surface area contributed by atoms with Gasteiger partial charge < -0.3 is 0 Å². The van der Waals surface area contributed by atoms with Gasteiger partial charge in [-0.25, -0.2) is 0 Å². The van der Waals surface area contributed by atoms with Crippen molar-refractivity contribution in [3.63, 3.8) is 0 Å². The smallest absolute Gasteiger partial charge is 0.0206 e. The first-order valence-electron chi connectivity index (χ1n) is 18.7. The van der Waals surface area contributed by atoms with Crippen LogP contribution in [0.3, 0.4) is 0 Å². The van der Waals surface area contributed by atoms with E-state index in [4.69, 9.17) is 0 Å². The van der Waals surface area contributed by atoms with Crippen LogP contribution in [0, 0.1) is 0 Å². The van der Waals surface area contributed by atoms with E-state index < -0.39 is 0 Å². The minimum Gasteiger partial charge on any atom is -0.100 e. The SMILES string of the molecule is CCCCCCCCCCCCCCCCCCCCCCCCCCCCCCP1C2CCCC1CC2. The highest BCUT2D eigenvalue weighted by atomic mass is 31.1. The Kier molecular flexibility index (Phi) is 24.0. The molecule has 0 N–H and O–H groups in total. The predicted octanol–water partition coefficient (Wildman–Crippen LogP) is 14.1. The van der Waals surface area contributed by atoms with E-state index in [2.05, 4.69) is 6.92 Å². The summed E-state index contributed by atoms with van der Waals surface area (Å²) in [5.41, 5.74) is 2.41. The van der Waals surface area contributed by atoms with Crippen molar-refractivity contribution in [2.45, 2.75) is 230 Å². The summed E-state index contributed by atoms with van der Waals surface area (Å²) in [5.74, 6) is 0. The molecule has 2 bridgehead atoms. The molecule has 2 aliphatic heterocycles. The van der Waals surface area contributed by atoms with Gasteiger partial charge in [0.15, 0.2) is 0 Å². The average Bonchev–Trinajstić information content (AvgIpc) is 3.14. The van der Waals surface area contributed by atoms with Crippen LogP contribution in [0.5, 0.6) is 0 Å². The molecule has 38 heavy (non-hydrogen) atoms. The van der Waals surface area contributed by atoms with Gasteiger partial charge in [0, 0.05) is 0 Å². The predicted molar refractivity (Wildman–Crippen MR) is 177 cm³/mol. The lowest BCUT2D eigenvalue weighted by atomic mass is 10.0. The molecule has 2 heterocycles. The molecule has 0 radical (unpaired) electrons. The fourth-order valence-corrected chi connectivity index (χ4v) is 11.5. The lowest BCUT2D eigenvalue weighted by Crippen LogP contribution is -2.13. The number of hydrogen-bond donors (Lipinski definition) is 0. The molecule has 0 aromatic heterocycles. The Bertz CT molecular complexity index is 457. The molecule has 0 aromatic rings. The molecule has 2 atom stereocenters. The molecule has 2 rings (SSSR count). The first kappa shape index (κ1) is 34.6. The summed E-state index contributed by atoms with van der Waals surface area (Å²) >= 11 is 0. The monoisotopic (exact) mass is 549 g/mol. The van der Waals surface area contributed by atoms with Gasteiger partial charge in [-0.1, -0.05) is 187 Å². The van der Waals surface area contributed by atoms with Gasteiger partial charge in [-0.3, -0.25) is 0 Å². The van der Waals surface area contributed by atoms with Gasteiger partial charge in [-0.15, -0.1) is 7.92 Å². The highest BCUT2D eigenvalue weighted by molar-refractivity contribution is 7.59. The van der Waals surface area contributed by atoms with Gasteiger partial charge >= 0.3 is 0 Å². The second kappa shape index (κ2) is 26.3. The molecular weight excluding hydrogens is 475 g/mol. The standard InChI is InChI=1S/C37H73P/c1-2-3-4-5-6-7-8-9-10-11-12-13-14-15-16-17-18-19-20-21-22-23-24-25-26-27-28-29-35-38-36-31-30-32-37(38)34-33-36/h36-37H,2-35H2,1H3. The van der Waals surface area contributed by atoms with Crippen LogP contribution in [-0.4, -0.2) is 17.5 Å². The van der Waals surface area contributed by atoms with Crippen LogP contribution in [0.15, 0.2) is 0 Å². The largest absolute Gasteiger partial charge is 0.100 e. The van der Waals surface area contributed by atoms with Crippen LogP contribution in [0.1, 0.15) is 219 Å². The summed E-state index contributed by atoms with van der Waals surface area (Å²) in [6, 6.07) is 0.